The molecule has 2 aromatic heterocycles. The van der Waals surface area contributed by atoms with Gasteiger partial charge in [-0.2, -0.15) is 9.61 Å². The van der Waals surface area contributed by atoms with E-state index >= 15 is 0 Å². The number of aliphatic hydroxyl groups excluding tert-OH is 1. The fraction of sp³-hybridized carbons (Fsp3) is 0.684. The van der Waals surface area contributed by atoms with Crippen molar-refractivity contribution >= 4 is 11.5 Å². The summed E-state index contributed by atoms with van der Waals surface area (Å²) >= 11 is 0. The van der Waals surface area contributed by atoms with E-state index < -0.39 is 0 Å². The van der Waals surface area contributed by atoms with Crippen LogP contribution in [0.15, 0.2) is 12.1 Å². The van der Waals surface area contributed by atoms with E-state index in [-0.39, 0.29) is 6.10 Å². The van der Waals surface area contributed by atoms with Gasteiger partial charge in [-0.15, -0.1) is 0 Å². The number of anilines is 1. The van der Waals surface area contributed by atoms with Crippen LogP contribution in [0.2, 0.25) is 0 Å². The number of hydrogen-bond acceptors (Lipinski definition) is 5. The highest BCUT2D eigenvalue weighted by atomic mass is 16.5. The number of aliphatic hydroxyl groups is 1. The van der Waals surface area contributed by atoms with Gasteiger partial charge in [-0.05, 0) is 45.4 Å². The Morgan fingerprint density at radius 3 is 2.48 bits per heavy atom. The third kappa shape index (κ3) is 2.62. The van der Waals surface area contributed by atoms with Crippen molar-refractivity contribution in [1.82, 2.24) is 14.6 Å². The Morgan fingerprint density at radius 1 is 1.04 bits per heavy atom. The van der Waals surface area contributed by atoms with Crippen molar-refractivity contribution in [3.05, 3.63) is 23.5 Å². The number of aryl methyl sites for hydroxylation is 1. The van der Waals surface area contributed by atoms with Gasteiger partial charge in [0.25, 0.3) is 0 Å². The molecule has 0 spiro atoms. The fourth-order valence-electron chi connectivity index (χ4n) is 4.86. The Kier molecular flexibility index (Phi) is 3.71. The molecule has 3 fully saturated rings. The van der Waals surface area contributed by atoms with Crippen LogP contribution < -0.4 is 4.90 Å². The van der Waals surface area contributed by atoms with Crippen LogP contribution >= 0.6 is 0 Å². The number of aromatic nitrogens is 3. The molecule has 25 heavy (non-hydrogen) atoms. The fourth-order valence-corrected chi connectivity index (χ4v) is 4.86. The molecule has 1 N–H and O–H groups in total. The van der Waals surface area contributed by atoms with Gasteiger partial charge in [0.1, 0.15) is 5.82 Å². The number of morpholine rings is 1. The second-order valence-electron chi connectivity index (χ2n) is 7.93. The van der Waals surface area contributed by atoms with Crippen molar-refractivity contribution in [2.45, 2.75) is 69.6 Å². The first-order valence-electron chi connectivity index (χ1n) is 9.60. The summed E-state index contributed by atoms with van der Waals surface area (Å²) in [5.74, 6) is 1.61. The largest absolute Gasteiger partial charge is 0.393 e. The SMILES string of the molecule is Cc1cc(N2C3CCC2COC3)n2nc(C3CCC(O)CC3)cc2n1. The Hall–Kier alpha value is -1.66. The maximum absolute atomic E-state index is 9.77. The lowest BCUT2D eigenvalue weighted by atomic mass is 9.85. The lowest BCUT2D eigenvalue weighted by Gasteiger charge is -2.36. The van der Waals surface area contributed by atoms with Crippen LogP contribution in [0, 0.1) is 6.92 Å². The third-order valence-corrected chi connectivity index (χ3v) is 6.18. The van der Waals surface area contributed by atoms with Gasteiger partial charge in [0.05, 0.1) is 37.1 Å². The molecule has 3 aliphatic rings. The number of fused-ring (bicyclic) bond motifs is 3. The minimum atomic E-state index is -0.131. The molecule has 1 saturated carbocycles. The number of hydrogen-bond donors (Lipinski definition) is 1. The van der Waals surface area contributed by atoms with E-state index in [1.807, 2.05) is 4.52 Å². The van der Waals surface area contributed by atoms with Crippen LogP contribution in [0.4, 0.5) is 5.82 Å². The molecule has 6 heteroatoms. The Morgan fingerprint density at radius 2 is 1.76 bits per heavy atom. The maximum atomic E-state index is 9.77. The second kappa shape index (κ2) is 5.95. The molecular formula is C19H26N4O2. The minimum Gasteiger partial charge on any atom is -0.393 e. The molecule has 0 radical (unpaired) electrons. The average molecular weight is 342 g/mol. The molecule has 2 atom stereocenters. The standard InChI is InChI=1S/C19H26N4O2/c1-12-8-19(22-14-4-5-15(22)11-25-10-14)23-18(20-12)9-17(21-23)13-2-6-16(24)7-3-13/h8-9,13-16,24H,2-7,10-11H2,1H3. The first-order chi connectivity index (χ1) is 12.2. The van der Waals surface area contributed by atoms with Gasteiger partial charge in [-0.3, -0.25) is 0 Å². The molecule has 5 rings (SSSR count). The zero-order valence-electron chi connectivity index (χ0n) is 14.8. The molecule has 2 unspecified atom stereocenters. The molecule has 6 nitrogen and oxygen atoms in total. The number of ether oxygens (including phenoxy) is 1. The summed E-state index contributed by atoms with van der Waals surface area (Å²) in [5, 5.41) is 14.7. The minimum absolute atomic E-state index is 0.131. The Bertz CT molecular complexity index is 765. The summed E-state index contributed by atoms with van der Waals surface area (Å²) in [7, 11) is 0. The van der Waals surface area contributed by atoms with E-state index in [9.17, 15) is 5.11 Å². The van der Waals surface area contributed by atoms with E-state index in [4.69, 9.17) is 14.8 Å². The van der Waals surface area contributed by atoms with Crippen LogP contribution in [-0.2, 0) is 4.74 Å². The quantitative estimate of drug-likeness (QED) is 0.908. The highest BCUT2D eigenvalue weighted by Crippen LogP contribution is 2.36. The van der Waals surface area contributed by atoms with Crippen LogP contribution in [0.3, 0.4) is 0 Å². The van der Waals surface area contributed by atoms with Crippen molar-refractivity contribution < 1.29 is 9.84 Å². The van der Waals surface area contributed by atoms with Gasteiger partial charge < -0.3 is 14.7 Å². The zero-order chi connectivity index (χ0) is 17.0. The molecule has 2 bridgehead atoms. The summed E-state index contributed by atoms with van der Waals surface area (Å²) in [5.41, 5.74) is 3.12. The van der Waals surface area contributed by atoms with Gasteiger partial charge in [0.2, 0.25) is 0 Å². The van der Waals surface area contributed by atoms with Crippen molar-refractivity contribution in [3.63, 3.8) is 0 Å². The van der Waals surface area contributed by atoms with Crippen molar-refractivity contribution in [2.75, 3.05) is 18.1 Å². The van der Waals surface area contributed by atoms with Crippen LogP contribution in [0.25, 0.3) is 5.65 Å². The smallest absolute Gasteiger partial charge is 0.157 e. The maximum Gasteiger partial charge on any atom is 0.157 e. The summed E-state index contributed by atoms with van der Waals surface area (Å²) in [6, 6.07) is 5.24. The highest BCUT2D eigenvalue weighted by Gasteiger charge is 2.39. The van der Waals surface area contributed by atoms with Gasteiger partial charge in [-0.1, -0.05) is 0 Å². The highest BCUT2D eigenvalue weighted by molar-refractivity contribution is 5.54. The molecule has 2 aromatic rings. The monoisotopic (exact) mass is 342 g/mol. The molecule has 0 aromatic carbocycles. The Labute approximate surface area is 147 Å². The molecular weight excluding hydrogens is 316 g/mol. The van der Waals surface area contributed by atoms with Crippen molar-refractivity contribution in [1.29, 1.82) is 0 Å². The summed E-state index contributed by atoms with van der Waals surface area (Å²) < 4.78 is 7.80. The Balaban J connectivity index is 1.55. The summed E-state index contributed by atoms with van der Waals surface area (Å²) in [6.07, 6.45) is 6.05. The van der Waals surface area contributed by atoms with Gasteiger partial charge in [0, 0.05) is 23.7 Å². The normalized spacial score (nSPS) is 32.5. The van der Waals surface area contributed by atoms with Crippen LogP contribution in [-0.4, -0.2) is 51.1 Å². The van der Waals surface area contributed by atoms with E-state index in [0.717, 1.165) is 55.9 Å². The lowest BCUT2D eigenvalue weighted by Crippen LogP contribution is -2.46. The van der Waals surface area contributed by atoms with Crippen molar-refractivity contribution in [3.8, 4) is 0 Å². The molecule has 4 heterocycles. The number of nitrogens with zero attached hydrogens (tertiary/aromatic N) is 4. The van der Waals surface area contributed by atoms with Crippen LogP contribution in [0.5, 0.6) is 0 Å². The van der Waals surface area contributed by atoms with Crippen LogP contribution in [0.1, 0.15) is 55.8 Å². The molecule has 0 amide bonds. The topological polar surface area (TPSA) is 62.9 Å². The second-order valence-corrected chi connectivity index (χ2v) is 7.93. The summed E-state index contributed by atoms with van der Waals surface area (Å²) in [4.78, 5) is 7.25. The average Bonchev–Trinajstić information content (AvgIpc) is 3.13. The van der Waals surface area contributed by atoms with E-state index in [1.165, 1.54) is 18.7 Å². The third-order valence-electron chi connectivity index (χ3n) is 6.18. The summed E-state index contributed by atoms with van der Waals surface area (Å²) in [6.45, 7) is 3.69. The van der Waals surface area contributed by atoms with E-state index in [1.54, 1.807) is 0 Å². The first kappa shape index (κ1) is 15.6. The van der Waals surface area contributed by atoms with Gasteiger partial charge >= 0.3 is 0 Å². The first-order valence-corrected chi connectivity index (χ1v) is 9.60. The van der Waals surface area contributed by atoms with E-state index in [0.29, 0.717) is 18.0 Å². The number of rotatable bonds is 2. The molecule has 1 aliphatic carbocycles. The van der Waals surface area contributed by atoms with Gasteiger partial charge in [-0.25, -0.2) is 4.98 Å². The van der Waals surface area contributed by atoms with E-state index in [2.05, 4.69) is 24.0 Å². The molecule has 134 valence electrons. The molecule has 2 saturated heterocycles. The lowest BCUT2D eigenvalue weighted by molar-refractivity contribution is 0.0899. The van der Waals surface area contributed by atoms with Gasteiger partial charge in [0.15, 0.2) is 5.65 Å². The zero-order valence-corrected chi connectivity index (χ0v) is 14.8. The predicted octanol–water partition coefficient (Wildman–Crippen LogP) is 2.42. The predicted molar refractivity (Wildman–Crippen MR) is 95.0 cm³/mol. The molecule has 2 aliphatic heterocycles. The van der Waals surface area contributed by atoms with Crippen molar-refractivity contribution in [2.24, 2.45) is 0 Å².